The Bertz CT molecular complexity index is 566. The molecule has 1 unspecified atom stereocenters. The van der Waals surface area contributed by atoms with Gasteiger partial charge < -0.3 is 19.1 Å². The largest absolute Gasteiger partial charge is 0.497 e. The molecule has 2 aliphatic heterocycles. The third kappa shape index (κ3) is 3.92. The minimum atomic E-state index is -0.274. The fourth-order valence-electron chi connectivity index (χ4n) is 3.12. The van der Waals surface area contributed by atoms with Gasteiger partial charge in [0.2, 0.25) is 5.91 Å². The molecule has 1 amide bonds. The highest BCUT2D eigenvalue weighted by molar-refractivity contribution is 5.92. The number of amides is 1. The minimum absolute atomic E-state index is 0.0108. The molecule has 0 aliphatic carbocycles. The van der Waals surface area contributed by atoms with Crippen molar-refractivity contribution in [1.82, 2.24) is 4.90 Å². The van der Waals surface area contributed by atoms with Crippen molar-refractivity contribution in [1.29, 1.82) is 0 Å². The zero-order chi connectivity index (χ0) is 16.1. The van der Waals surface area contributed by atoms with Gasteiger partial charge in [0, 0.05) is 12.6 Å². The first-order valence-electron chi connectivity index (χ1n) is 8.14. The number of ether oxygens (including phenoxy) is 3. The molecule has 5 nitrogen and oxygen atoms in total. The third-order valence-electron chi connectivity index (χ3n) is 4.31. The second kappa shape index (κ2) is 7.62. The summed E-state index contributed by atoms with van der Waals surface area (Å²) < 4.78 is 16.4. The van der Waals surface area contributed by atoms with E-state index in [9.17, 15) is 4.79 Å². The van der Waals surface area contributed by atoms with E-state index in [2.05, 4.69) is 0 Å². The van der Waals surface area contributed by atoms with Gasteiger partial charge in [0.1, 0.15) is 5.75 Å². The summed E-state index contributed by atoms with van der Waals surface area (Å²) in [6.45, 7) is 1.99. The first-order valence-corrected chi connectivity index (χ1v) is 8.14. The maximum Gasteiger partial charge on any atom is 0.246 e. The van der Waals surface area contributed by atoms with Gasteiger partial charge in [-0.2, -0.15) is 0 Å². The molecule has 1 aromatic carbocycles. The molecule has 2 saturated heterocycles. The third-order valence-corrected chi connectivity index (χ3v) is 4.31. The molecule has 23 heavy (non-hydrogen) atoms. The Kier molecular flexibility index (Phi) is 5.31. The maximum absolute atomic E-state index is 12.6. The number of carbonyl (C=O) groups excluding carboxylic acids is 1. The second-order valence-corrected chi connectivity index (χ2v) is 5.81. The topological polar surface area (TPSA) is 48.0 Å². The van der Waals surface area contributed by atoms with Gasteiger partial charge in [-0.15, -0.1) is 0 Å². The van der Waals surface area contributed by atoms with E-state index in [1.807, 2.05) is 35.2 Å². The Morgan fingerprint density at radius 3 is 2.91 bits per heavy atom. The van der Waals surface area contributed by atoms with E-state index in [0.29, 0.717) is 13.2 Å². The lowest BCUT2D eigenvalue weighted by molar-refractivity contribution is -0.145. The average Bonchev–Trinajstić information content (AvgIpc) is 3.14. The summed E-state index contributed by atoms with van der Waals surface area (Å²) >= 11 is 0. The number of carbonyl (C=O) groups is 1. The van der Waals surface area contributed by atoms with Crippen molar-refractivity contribution in [3.63, 3.8) is 0 Å². The van der Waals surface area contributed by atoms with Crippen molar-refractivity contribution in [3.05, 3.63) is 35.9 Å². The van der Waals surface area contributed by atoms with E-state index < -0.39 is 0 Å². The van der Waals surface area contributed by atoms with Crippen molar-refractivity contribution in [2.24, 2.45) is 0 Å². The second-order valence-electron chi connectivity index (χ2n) is 5.81. The molecule has 2 fully saturated rings. The highest BCUT2D eigenvalue weighted by Gasteiger charge is 2.35. The van der Waals surface area contributed by atoms with Crippen LogP contribution in [0, 0.1) is 0 Å². The van der Waals surface area contributed by atoms with Gasteiger partial charge >= 0.3 is 0 Å². The van der Waals surface area contributed by atoms with Crippen LogP contribution in [-0.2, 0) is 14.3 Å². The number of methoxy groups -OCH3 is 1. The fourth-order valence-corrected chi connectivity index (χ4v) is 3.12. The Labute approximate surface area is 136 Å². The molecule has 2 aliphatic rings. The highest BCUT2D eigenvalue weighted by atomic mass is 16.7. The molecular formula is C18H23NO4. The maximum atomic E-state index is 12.6. The lowest BCUT2D eigenvalue weighted by atomic mass is 10.0. The summed E-state index contributed by atoms with van der Waals surface area (Å²) in [6.07, 6.45) is 6.25. The number of benzene rings is 1. The molecule has 0 aromatic heterocycles. The van der Waals surface area contributed by atoms with Crippen LogP contribution in [0.5, 0.6) is 5.75 Å². The van der Waals surface area contributed by atoms with Crippen LogP contribution < -0.4 is 4.74 Å². The standard InChI is InChI=1S/C18H23NO4/c1-21-15-6-4-5-14(13-15)8-9-17(20)19-10-3-2-7-16(19)18-22-11-12-23-18/h4-6,8-9,13,16,18H,2-3,7,10-12H2,1H3/b9-8+. The summed E-state index contributed by atoms with van der Waals surface area (Å²) in [4.78, 5) is 14.5. The molecular weight excluding hydrogens is 294 g/mol. The predicted molar refractivity (Wildman–Crippen MR) is 87.1 cm³/mol. The van der Waals surface area contributed by atoms with Crippen LogP contribution in [0.25, 0.3) is 6.08 Å². The van der Waals surface area contributed by atoms with Crippen LogP contribution in [-0.4, -0.2) is 50.0 Å². The van der Waals surface area contributed by atoms with Crippen LogP contribution >= 0.6 is 0 Å². The van der Waals surface area contributed by atoms with Crippen LogP contribution in [0.3, 0.4) is 0 Å². The van der Waals surface area contributed by atoms with Gasteiger partial charge in [0.15, 0.2) is 6.29 Å². The van der Waals surface area contributed by atoms with E-state index in [1.54, 1.807) is 13.2 Å². The van der Waals surface area contributed by atoms with Crippen molar-refractivity contribution < 1.29 is 19.0 Å². The highest BCUT2D eigenvalue weighted by Crippen LogP contribution is 2.25. The molecule has 3 rings (SSSR count). The monoisotopic (exact) mass is 317 g/mol. The lowest BCUT2D eigenvalue weighted by Crippen LogP contribution is -2.49. The summed E-state index contributed by atoms with van der Waals surface area (Å²) in [6, 6.07) is 7.67. The normalized spacial score (nSPS) is 22.7. The molecule has 5 heteroatoms. The van der Waals surface area contributed by atoms with E-state index >= 15 is 0 Å². The van der Waals surface area contributed by atoms with Gasteiger partial charge in [-0.25, -0.2) is 0 Å². The molecule has 124 valence electrons. The molecule has 0 radical (unpaired) electrons. The quantitative estimate of drug-likeness (QED) is 0.801. The Balaban J connectivity index is 1.68. The zero-order valence-corrected chi connectivity index (χ0v) is 13.4. The Hall–Kier alpha value is -1.85. The summed E-state index contributed by atoms with van der Waals surface area (Å²) in [5.74, 6) is 0.792. The van der Waals surface area contributed by atoms with E-state index in [4.69, 9.17) is 14.2 Å². The lowest BCUT2D eigenvalue weighted by Gasteiger charge is -2.37. The molecule has 2 heterocycles. The number of likely N-dealkylation sites (tertiary alicyclic amines) is 1. The smallest absolute Gasteiger partial charge is 0.246 e. The Morgan fingerprint density at radius 1 is 1.30 bits per heavy atom. The molecule has 0 N–H and O–H groups in total. The first kappa shape index (κ1) is 16.0. The Morgan fingerprint density at radius 2 is 2.13 bits per heavy atom. The predicted octanol–water partition coefficient (Wildman–Crippen LogP) is 2.46. The van der Waals surface area contributed by atoms with E-state index in [1.165, 1.54) is 0 Å². The zero-order valence-electron chi connectivity index (χ0n) is 13.4. The van der Waals surface area contributed by atoms with Gasteiger partial charge in [-0.1, -0.05) is 12.1 Å². The summed E-state index contributed by atoms with van der Waals surface area (Å²) in [5, 5.41) is 0. The van der Waals surface area contributed by atoms with E-state index in [-0.39, 0.29) is 18.2 Å². The van der Waals surface area contributed by atoms with Gasteiger partial charge in [0.05, 0.1) is 26.4 Å². The number of hydrogen-bond donors (Lipinski definition) is 0. The average molecular weight is 317 g/mol. The van der Waals surface area contributed by atoms with Gasteiger partial charge in [-0.3, -0.25) is 4.79 Å². The molecule has 0 spiro atoms. The van der Waals surface area contributed by atoms with Crippen LogP contribution in [0.15, 0.2) is 30.3 Å². The van der Waals surface area contributed by atoms with Crippen molar-refractivity contribution in [2.75, 3.05) is 26.9 Å². The van der Waals surface area contributed by atoms with Crippen LogP contribution in [0.4, 0.5) is 0 Å². The minimum Gasteiger partial charge on any atom is -0.497 e. The SMILES string of the molecule is COc1cccc(/C=C/C(=O)N2CCCCC2C2OCCO2)c1. The van der Waals surface area contributed by atoms with E-state index in [0.717, 1.165) is 37.1 Å². The van der Waals surface area contributed by atoms with Crippen LogP contribution in [0.1, 0.15) is 24.8 Å². The first-order chi connectivity index (χ1) is 11.3. The van der Waals surface area contributed by atoms with Gasteiger partial charge in [-0.05, 0) is 43.0 Å². The fraction of sp³-hybridized carbons (Fsp3) is 0.500. The molecule has 0 bridgehead atoms. The number of piperidine rings is 1. The number of nitrogens with zero attached hydrogens (tertiary/aromatic N) is 1. The van der Waals surface area contributed by atoms with Crippen molar-refractivity contribution >= 4 is 12.0 Å². The van der Waals surface area contributed by atoms with Crippen molar-refractivity contribution in [2.45, 2.75) is 31.6 Å². The summed E-state index contributed by atoms with van der Waals surface area (Å²) in [5.41, 5.74) is 0.944. The number of rotatable bonds is 4. The van der Waals surface area contributed by atoms with Gasteiger partial charge in [0.25, 0.3) is 0 Å². The summed E-state index contributed by atoms with van der Waals surface area (Å²) in [7, 11) is 1.63. The number of hydrogen-bond acceptors (Lipinski definition) is 4. The van der Waals surface area contributed by atoms with Crippen LogP contribution in [0.2, 0.25) is 0 Å². The molecule has 0 saturated carbocycles. The molecule has 1 aromatic rings. The molecule has 1 atom stereocenters. The van der Waals surface area contributed by atoms with Crippen molar-refractivity contribution in [3.8, 4) is 5.75 Å².